The molecule has 0 bridgehead atoms. The first kappa shape index (κ1) is 13.9. The molecule has 0 N–H and O–H groups in total. The Labute approximate surface area is 115 Å². The Balaban J connectivity index is 2.14. The minimum absolute atomic E-state index is 0.182. The standard InChI is InChI=1S/C13H13FN4O2/c1-18(7-9-3-4-11(14)15-6-9)12-5-10(13(19)20-2)16-8-17-12/h3-6,8H,7H2,1-2H3. The number of methoxy groups -OCH3 is 1. The lowest BCUT2D eigenvalue weighted by Crippen LogP contribution is -2.19. The van der Waals surface area contributed by atoms with Crippen LogP contribution >= 0.6 is 0 Å². The van der Waals surface area contributed by atoms with E-state index in [0.717, 1.165) is 5.56 Å². The maximum atomic E-state index is 12.7. The smallest absolute Gasteiger partial charge is 0.356 e. The van der Waals surface area contributed by atoms with Crippen LogP contribution in [-0.4, -0.2) is 35.1 Å². The van der Waals surface area contributed by atoms with Crippen LogP contribution in [0.2, 0.25) is 0 Å². The molecule has 104 valence electrons. The van der Waals surface area contributed by atoms with Crippen molar-refractivity contribution in [3.63, 3.8) is 0 Å². The van der Waals surface area contributed by atoms with E-state index in [1.165, 1.54) is 31.8 Å². The van der Waals surface area contributed by atoms with Crippen molar-refractivity contribution in [2.75, 3.05) is 19.1 Å². The Kier molecular flexibility index (Phi) is 4.19. The summed E-state index contributed by atoms with van der Waals surface area (Å²) in [5, 5.41) is 0. The number of pyridine rings is 1. The summed E-state index contributed by atoms with van der Waals surface area (Å²) >= 11 is 0. The Morgan fingerprint density at radius 1 is 1.35 bits per heavy atom. The summed E-state index contributed by atoms with van der Waals surface area (Å²) in [7, 11) is 3.09. The van der Waals surface area contributed by atoms with Crippen LogP contribution in [-0.2, 0) is 11.3 Å². The highest BCUT2D eigenvalue weighted by molar-refractivity contribution is 5.87. The molecule has 0 fully saturated rings. The van der Waals surface area contributed by atoms with Crippen LogP contribution in [0.5, 0.6) is 0 Å². The minimum atomic E-state index is -0.523. The first-order valence-corrected chi connectivity index (χ1v) is 5.82. The Morgan fingerprint density at radius 2 is 2.15 bits per heavy atom. The van der Waals surface area contributed by atoms with E-state index in [9.17, 15) is 9.18 Å². The van der Waals surface area contributed by atoms with Gasteiger partial charge in [0.25, 0.3) is 0 Å². The predicted molar refractivity (Wildman–Crippen MR) is 69.7 cm³/mol. The van der Waals surface area contributed by atoms with Gasteiger partial charge < -0.3 is 9.64 Å². The lowest BCUT2D eigenvalue weighted by molar-refractivity contribution is 0.0594. The van der Waals surface area contributed by atoms with E-state index in [2.05, 4.69) is 19.7 Å². The highest BCUT2D eigenvalue weighted by Crippen LogP contribution is 2.13. The average molecular weight is 276 g/mol. The van der Waals surface area contributed by atoms with Crippen molar-refractivity contribution in [3.8, 4) is 0 Å². The molecule has 0 saturated carbocycles. The molecule has 2 rings (SSSR count). The van der Waals surface area contributed by atoms with Crippen molar-refractivity contribution >= 4 is 11.8 Å². The first-order chi connectivity index (χ1) is 9.60. The summed E-state index contributed by atoms with van der Waals surface area (Å²) in [6.07, 6.45) is 2.75. The van der Waals surface area contributed by atoms with E-state index in [-0.39, 0.29) is 5.69 Å². The van der Waals surface area contributed by atoms with Crippen LogP contribution in [0.1, 0.15) is 16.1 Å². The molecule has 0 amide bonds. The zero-order valence-electron chi connectivity index (χ0n) is 11.1. The molecule has 20 heavy (non-hydrogen) atoms. The van der Waals surface area contributed by atoms with E-state index in [1.54, 1.807) is 18.0 Å². The number of rotatable bonds is 4. The van der Waals surface area contributed by atoms with Gasteiger partial charge in [-0.15, -0.1) is 0 Å². The van der Waals surface area contributed by atoms with Crippen molar-refractivity contribution in [3.05, 3.63) is 47.9 Å². The second-order valence-electron chi connectivity index (χ2n) is 4.10. The molecule has 2 aromatic rings. The molecule has 0 aliphatic rings. The van der Waals surface area contributed by atoms with Crippen molar-refractivity contribution in [2.24, 2.45) is 0 Å². The molecule has 0 saturated heterocycles. The van der Waals surface area contributed by atoms with E-state index in [0.29, 0.717) is 12.4 Å². The lowest BCUT2D eigenvalue weighted by Gasteiger charge is -2.18. The molecule has 0 atom stereocenters. The Morgan fingerprint density at radius 3 is 2.80 bits per heavy atom. The largest absolute Gasteiger partial charge is 0.464 e. The zero-order valence-corrected chi connectivity index (χ0v) is 11.1. The second-order valence-corrected chi connectivity index (χ2v) is 4.10. The quantitative estimate of drug-likeness (QED) is 0.621. The third-order valence-corrected chi connectivity index (χ3v) is 2.65. The van der Waals surface area contributed by atoms with Crippen LogP contribution in [0.25, 0.3) is 0 Å². The van der Waals surface area contributed by atoms with Gasteiger partial charge in [-0.1, -0.05) is 6.07 Å². The molecular formula is C13H13FN4O2. The molecular weight excluding hydrogens is 263 g/mol. The topological polar surface area (TPSA) is 68.2 Å². The van der Waals surface area contributed by atoms with Gasteiger partial charge in [-0.05, 0) is 11.6 Å². The van der Waals surface area contributed by atoms with Crippen LogP contribution in [0.4, 0.5) is 10.2 Å². The Hall–Kier alpha value is -2.57. The number of anilines is 1. The monoisotopic (exact) mass is 276 g/mol. The fourth-order valence-corrected chi connectivity index (χ4v) is 1.63. The van der Waals surface area contributed by atoms with Gasteiger partial charge in [-0.25, -0.2) is 19.7 Å². The van der Waals surface area contributed by atoms with Crippen molar-refractivity contribution in [2.45, 2.75) is 6.54 Å². The highest BCUT2D eigenvalue weighted by Gasteiger charge is 2.11. The fraction of sp³-hybridized carbons (Fsp3) is 0.231. The molecule has 0 aromatic carbocycles. The third-order valence-electron chi connectivity index (χ3n) is 2.65. The number of ether oxygens (including phenoxy) is 1. The summed E-state index contributed by atoms with van der Waals surface area (Å²) in [6, 6.07) is 4.47. The number of halogens is 1. The summed E-state index contributed by atoms with van der Waals surface area (Å²) in [5.41, 5.74) is 1.01. The second kappa shape index (κ2) is 6.05. The van der Waals surface area contributed by atoms with Crippen LogP contribution in [0.15, 0.2) is 30.7 Å². The lowest BCUT2D eigenvalue weighted by atomic mass is 10.2. The molecule has 0 spiro atoms. The molecule has 0 aliphatic carbocycles. The van der Waals surface area contributed by atoms with E-state index in [4.69, 9.17) is 0 Å². The van der Waals surface area contributed by atoms with Gasteiger partial charge in [0.2, 0.25) is 5.95 Å². The first-order valence-electron chi connectivity index (χ1n) is 5.82. The van der Waals surface area contributed by atoms with Gasteiger partial charge >= 0.3 is 5.97 Å². The molecule has 7 heteroatoms. The normalized spacial score (nSPS) is 10.2. The van der Waals surface area contributed by atoms with Gasteiger partial charge in [0.05, 0.1) is 7.11 Å². The number of nitrogens with zero attached hydrogens (tertiary/aromatic N) is 4. The van der Waals surface area contributed by atoms with Crippen LogP contribution in [0.3, 0.4) is 0 Å². The number of hydrogen-bond donors (Lipinski definition) is 0. The fourth-order valence-electron chi connectivity index (χ4n) is 1.63. The third kappa shape index (κ3) is 3.25. The zero-order chi connectivity index (χ0) is 14.5. The van der Waals surface area contributed by atoms with Crippen LogP contribution < -0.4 is 4.90 Å². The SMILES string of the molecule is COC(=O)c1cc(N(C)Cc2ccc(F)nc2)ncn1. The van der Waals surface area contributed by atoms with Gasteiger partial charge in [-0.3, -0.25) is 0 Å². The van der Waals surface area contributed by atoms with Crippen molar-refractivity contribution in [1.82, 2.24) is 15.0 Å². The summed E-state index contributed by atoms with van der Waals surface area (Å²) in [5.74, 6) is -0.485. The number of hydrogen-bond acceptors (Lipinski definition) is 6. The van der Waals surface area contributed by atoms with E-state index >= 15 is 0 Å². The number of aromatic nitrogens is 3. The maximum absolute atomic E-state index is 12.7. The molecule has 2 heterocycles. The molecule has 2 aromatic heterocycles. The molecule has 0 unspecified atom stereocenters. The van der Waals surface area contributed by atoms with Gasteiger partial charge in [0.1, 0.15) is 12.1 Å². The molecule has 0 radical (unpaired) electrons. The molecule has 0 aliphatic heterocycles. The summed E-state index contributed by atoms with van der Waals surface area (Å²) < 4.78 is 17.3. The number of carbonyl (C=O) groups excluding carboxylic acids is 1. The van der Waals surface area contributed by atoms with E-state index < -0.39 is 11.9 Å². The number of esters is 1. The van der Waals surface area contributed by atoms with Gasteiger partial charge in [0, 0.05) is 25.9 Å². The minimum Gasteiger partial charge on any atom is -0.464 e. The summed E-state index contributed by atoms with van der Waals surface area (Å²) in [6.45, 7) is 0.477. The van der Waals surface area contributed by atoms with E-state index in [1.807, 2.05) is 0 Å². The average Bonchev–Trinajstić information content (AvgIpc) is 2.49. The van der Waals surface area contributed by atoms with Gasteiger partial charge in [-0.2, -0.15) is 4.39 Å². The maximum Gasteiger partial charge on any atom is 0.356 e. The van der Waals surface area contributed by atoms with Gasteiger partial charge in [0.15, 0.2) is 5.69 Å². The summed E-state index contributed by atoms with van der Waals surface area (Å²) in [4.78, 5) is 24.7. The van der Waals surface area contributed by atoms with Crippen molar-refractivity contribution < 1.29 is 13.9 Å². The Bertz CT molecular complexity index is 604. The highest BCUT2D eigenvalue weighted by atomic mass is 19.1. The van der Waals surface area contributed by atoms with Crippen LogP contribution in [0, 0.1) is 5.95 Å². The molecule has 6 nitrogen and oxygen atoms in total. The van der Waals surface area contributed by atoms with Crippen molar-refractivity contribution in [1.29, 1.82) is 0 Å². The predicted octanol–water partition coefficient (Wildman–Crippen LogP) is 1.43. The number of carbonyl (C=O) groups is 1.